The predicted molar refractivity (Wildman–Crippen MR) is 60.9 cm³/mol. The summed E-state index contributed by atoms with van der Waals surface area (Å²) in [6.45, 7) is 0.112. The lowest BCUT2D eigenvalue weighted by Crippen LogP contribution is -2.38. The fraction of sp³-hybridized carbons (Fsp3) is 0.692. The molecule has 2 fully saturated rings. The molecular formula is C13H19NO2. The molecule has 2 aliphatic rings. The fourth-order valence-corrected chi connectivity index (χ4v) is 3.42. The van der Waals surface area contributed by atoms with E-state index in [-0.39, 0.29) is 12.6 Å². The van der Waals surface area contributed by atoms with Crippen LogP contribution in [0, 0.1) is 11.8 Å². The van der Waals surface area contributed by atoms with Gasteiger partial charge in [0.15, 0.2) is 0 Å². The van der Waals surface area contributed by atoms with Crippen LogP contribution in [-0.2, 0) is 0 Å². The highest BCUT2D eigenvalue weighted by atomic mass is 16.3. The van der Waals surface area contributed by atoms with Crippen LogP contribution in [0.15, 0.2) is 22.8 Å². The minimum absolute atomic E-state index is 0.0284. The number of nitrogens with one attached hydrogen (secondary N) is 1. The van der Waals surface area contributed by atoms with Gasteiger partial charge in [-0.1, -0.05) is 6.42 Å². The molecule has 1 aromatic heterocycles. The van der Waals surface area contributed by atoms with Gasteiger partial charge in [0.1, 0.15) is 5.76 Å². The predicted octanol–water partition coefficient (Wildman–Crippen LogP) is 2.09. The molecule has 0 amide bonds. The first-order valence-electron chi connectivity index (χ1n) is 6.27. The highest BCUT2D eigenvalue weighted by Crippen LogP contribution is 2.45. The normalized spacial score (nSPS) is 34.4. The Hall–Kier alpha value is -0.800. The van der Waals surface area contributed by atoms with E-state index >= 15 is 0 Å². The average Bonchev–Trinajstić information content (AvgIpc) is 3.01. The lowest BCUT2D eigenvalue weighted by atomic mass is 9.94. The largest absolute Gasteiger partial charge is 0.468 e. The molecule has 16 heavy (non-hydrogen) atoms. The zero-order valence-electron chi connectivity index (χ0n) is 9.43. The Balaban J connectivity index is 1.65. The number of fused-ring (bicyclic) bond motifs is 2. The van der Waals surface area contributed by atoms with E-state index in [4.69, 9.17) is 4.42 Å². The molecule has 2 N–H and O–H groups in total. The molecule has 0 aliphatic heterocycles. The lowest BCUT2D eigenvalue weighted by Gasteiger charge is -2.26. The van der Waals surface area contributed by atoms with E-state index in [1.165, 1.54) is 25.7 Å². The third-order valence-electron chi connectivity index (χ3n) is 4.22. The van der Waals surface area contributed by atoms with Gasteiger partial charge in [0, 0.05) is 6.04 Å². The summed E-state index contributed by atoms with van der Waals surface area (Å²) in [6.07, 6.45) is 7.10. The number of aliphatic hydroxyl groups excluding tert-OH is 1. The summed E-state index contributed by atoms with van der Waals surface area (Å²) < 4.78 is 5.35. The first-order valence-corrected chi connectivity index (χ1v) is 6.27. The topological polar surface area (TPSA) is 45.4 Å². The number of hydrogen-bond donors (Lipinski definition) is 2. The Kier molecular flexibility index (Phi) is 2.74. The second-order valence-electron chi connectivity index (χ2n) is 5.20. The van der Waals surface area contributed by atoms with Crippen LogP contribution in [0.2, 0.25) is 0 Å². The zero-order valence-corrected chi connectivity index (χ0v) is 9.43. The molecule has 0 radical (unpaired) electrons. The zero-order chi connectivity index (χ0) is 11.0. The van der Waals surface area contributed by atoms with E-state index in [2.05, 4.69) is 5.32 Å². The summed E-state index contributed by atoms with van der Waals surface area (Å²) in [7, 11) is 0. The SMILES string of the molecule is OCC(NC1CC2CCC1C2)c1ccco1. The van der Waals surface area contributed by atoms with E-state index in [0.717, 1.165) is 17.6 Å². The van der Waals surface area contributed by atoms with Crippen molar-refractivity contribution in [2.75, 3.05) is 6.61 Å². The van der Waals surface area contributed by atoms with Gasteiger partial charge >= 0.3 is 0 Å². The first-order chi connectivity index (χ1) is 7.86. The minimum atomic E-state index is -0.0284. The van der Waals surface area contributed by atoms with Crippen LogP contribution in [0.5, 0.6) is 0 Å². The molecule has 3 heteroatoms. The Morgan fingerprint density at radius 1 is 1.44 bits per heavy atom. The quantitative estimate of drug-likeness (QED) is 0.818. The summed E-state index contributed by atoms with van der Waals surface area (Å²) in [5, 5.41) is 13.0. The van der Waals surface area contributed by atoms with E-state index < -0.39 is 0 Å². The smallest absolute Gasteiger partial charge is 0.123 e. The van der Waals surface area contributed by atoms with Gasteiger partial charge in [-0.3, -0.25) is 0 Å². The van der Waals surface area contributed by atoms with Crippen molar-refractivity contribution < 1.29 is 9.52 Å². The second kappa shape index (κ2) is 4.22. The molecule has 1 aromatic rings. The maximum atomic E-state index is 9.41. The summed E-state index contributed by atoms with van der Waals surface area (Å²) in [5.41, 5.74) is 0. The van der Waals surface area contributed by atoms with Crippen LogP contribution in [0.4, 0.5) is 0 Å². The highest BCUT2D eigenvalue weighted by molar-refractivity contribution is 5.06. The van der Waals surface area contributed by atoms with E-state index in [9.17, 15) is 5.11 Å². The van der Waals surface area contributed by atoms with Gasteiger partial charge in [0.2, 0.25) is 0 Å². The second-order valence-corrected chi connectivity index (χ2v) is 5.20. The third-order valence-corrected chi connectivity index (χ3v) is 4.22. The molecule has 0 spiro atoms. The number of hydrogen-bond acceptors (Lipinski definition) is 3. The van der Waals surface area contributed by atoms with Gasteiger partial charge in [-0.05, 0) is 43.2 Å². The van der Waals surface area contributed by atoms with Gasteiger partial charge in [-0.25, -0.2) is 0 Å². The fourth-order valence-electron chi connectivity index (χ4n) is 3.42. The van der Waals surface area contributed by atoms with Crippen molar-refractivity contribution in [1.29, 1.82) is 0 Å². The van der Waals surface area contributed by atoms with Crippen LogP contribution in [-0.4, -0.2) is 17.8 Å². The van der Waals surface area contributed by atoms with E-state index in [0.29, 0.717) is 6.04 Å². The third kappa shape index (κ3) is 1.78. The molecule has 4 unspecified atom stereocenters. The maximum absolute atomic E-state index is 9.41. The van der Waals surface area contributed by atoms with Gasteiger partial charge in [-0.2, -0.15) is 0 Å². The standard InChI is InChI=1S/C13H19NO2/c15-8-12(13-2-1-5-16-13)14-11-7-9-3-4-10(11)6-9/h1-2,5,9-12,14-15H,3-4,6-8H2. The Bertz CT molecular complexity index is 336. The molecule has 3 rings (SSSR count). The molecule has 2 saturated carbocycles. The van der Waals surface area contributed by atoms with Crippen LogP contribution in [0.25, 0.3) is 0 Å². The molecule has 2 aliphatic carbocycles. The van der Waals surface area contributed by atoms with Crippen molar-refractivity contribution in [3.63, 3.8) is 0 Å². The monoisotopic (exact) mass is 221 g/mol. The Morgan fingerprint density at radius 3 is 2.94 bits per heavy atom. The summed E-state index contributed by atoms with van der Waals surface area (Å²) in [4.78, 5) is 0. The maximum Gasteiger partial charge on any atom is 0.123 e. The van der Waals surface area contributed by atoms with Gasteiger partial charge in [0.25, 0.3) is 0 Å². The summed E-state index contributed by atoms with van der Waals surface area (Å²) in [6, 6.07) is 4.36. The molecular weight excluding hydrogens is 202 g/mol. The Labute approximate surface area is 95.8 Å². The van der Waals surface area contributed by atoms with Crippen molar-refractivity contribution in [3.05, 3.63) is 24.2 Å². The summed E-state index contributed by atoms with van der Waals surface area (Å²) >= 11 is 0. The molecule has 0 aromatic carbocycles. The van der Waals surface area contributed by atoms with Crippen molar-refractivity contribution in [1.82, 2.24) is 5.32 Å². The molecule has 3 nitrogen and oxygen atoms in total. The van der Waals surface area contributed by atoms with Crippen LogP contribution >= 0.6 is 0 Å². The molecule has 88 valence electrons. The average molecular weight is 221 g/mol. The van der Waals surface area contributed by atoms with Crippen molar-refractivity contribution in [3.8, 4) is 0 Å². The van der Waals surface area contributed by atoms with Crippen molar-refractivity contribution >= 4 is 0 Å². The van der Waals surface area contributed by atoms with Crippen LogP contribution < -0.4 is 5.32 Å². The molecule has 0 saturated heterocycles. The van der Waals surface area contributed by atoms with Gasteiger partial charge in [-0.15, -0.1) is 0 Å². The van der Waals surface area contributed by atoms with Crippen LogP contribution in [0.1, 0.15) is 37.5 Å². The molecule has 1 heterocycles. The van der Waals surface area contributed by atoms with Crippen molar-refractivity contribution in [2.24, 2.45) is 11.8 Å². The first kappa shape index (κ1) is 10.4. The van der Waals surface area contributed by atoms with Crippen molar-refractivity contribution in [2.45, 2.75) is 37.8 Å². The van der Waals surface area contributed by atoms with Gasteiger partial charge in [0.05, 0.1) is 18.9 Å². The van der Waals surface area contributed by atoms with E-state index in [1.54, 1.807) is 6.26 Å². The lowest BCUT2D eigenvalue weighted by molar-refractivity contribution is 0.198. The molecule has 4 atom stereocenters. The number of rotatable bonds is 4. The Morgan fingerprint density at radius 2 is 2.38 bits per heavy atom. The molecule has 2 bridgehead atoms. The summed E-state index contributed by atoms with van der Waals surface area (Å²) in [5.74, 6) is 2.61. The minimum Gasteiger partial charge on any atom is -0.468 e. The van der Waals surface area contributed by atoms with E-state index in [1.807, 2.05) is 12.1 Å². The van der Waals surface area contributed by atoms with Gasteiger partial charge < -0.3 is 14.8 Å². The number of furan rings is 1. The number of aliphatic hydroxyl groups is 1. The van der Waals surface area contributed by atoms with Crippen LogP contribution in [0.3, 0.4) is 0 Å². The highest BCUT2D eigenvalue weighted by Gasteiger charge is 2.40.